The highest BCUT2D eigenvalue weighted by atomic mass is 32.2. The molecule has 0 bridgehead atoms. The SMILES string of the molecule is CC(C)S(=O)(=O)c1ccc(C(=O)NNC(=O)c2ccccc2)cc1. The maximum atomic E-state index is 12.0. The van der Waals surface area contributed by atoms with E-state index in [2.05, 4.69) is 10.9 Å². The summed E-state index contributed by atoms with van der Waals surface area (Å²) in [4.78, 5) is 24.0. The molecule has 126 valence electrons. The van der Waals surface area contributed by atoms with Gasteiger partial charge < -0.3 is 0 Å². The third-order valence-electron chi connectivity index (χ3n) is 3.39. The van der Waals surface area contributed by atoms with Crippen LogP contribution < -0.4 is 10.9 Å². The molecule has 0 heterocycles. The highest BCUT2D eigenvalue weighted by molar-refractivity contribution is 7.92. The van der Waals surface area contributed by atoms with E-state index in [0.29, 0.717) is 5.56 Å². The molecule has 24 heavy (non-hydrogen) atoms. The molecule has 6 nitrogen and oxygen atoms in total. The summed E-state index contributed by atoms with van der Waals surface area (Å²) < 4.78 is 24.1. The van der Waals surface area contributed by atoms with Crippen molar-refractivity contribution in [1.29, 1.82) is 0 Å². The quantitative estimate of drug-likeness (QED) is 0.828. The fourth-order valence-electron chi connectivity index (χ4n) is 1.92. The monoisotopic (exact) mass is 346 g/mol. The molecule has 0 spiro atoms. The van der Waals surface area contributed by atoms with Crippen LogP contribution in [-0.4, -0.2) is 25.5 Å². The molecule has 2 aromatic carbocycles. The highest BCUT2D eigenvalue weighted by Crippen LogP contribution is 2.16. The van der Waals surface area contributed by atoms with Crippen LogP contribution >= 0.6 is 0 Å². The lowest BCUT2D eigenvalue weighted by Gasteiger charge is -2.09. The predicted molar refractivity (Wildman–Crippen MR) is 90.1 cm³/mol. The van der Waals surface area contributed by atoms with Crippen molar-refractivity contribution in [3.8, 4) is 0 Å². The molecule has 0 aliphatic rings. The molecule has 0 saturated heterocycles. The maximum Gasteiger partial charge on any atom is 0.269 e. The molecule has 2 aromatic rings. The average molecular weight is 346 g/mol. The number of hydrazine groups is 1. The first-order valence-electron chi connectivity index (χ1n) is 7.32. The van der Waals surface area contributed by atoms with Gasteiger partial charge in [0.2, 0.25) is 0 Å². The van der Waals surface area contributed by atoms with E-state index in [1.807, 2.05) is 0 Å². The fraction of sp³-hybridized carbons (Fsp3) is 0.176. The van der Waals surface area contributed by atoms with Crippen LogP contribution in [0.15, 0.2) is 59.5 Å². The first-order chi connectivity index (χ1) is 11.3. The third kappa shape index (κ3) is 3.99. The highest BCUT2D eigenvalue weighted by Gasteiger charge is 2.19. The normalized spacial score (nSPS) is 11.1. The molecule has 2 rings (SSSR count). The van der Waals surface area contributed by atoms with E-state index >= 15 is 0 Å². The summed E-state index contributed by atoms with van der Waals surface area (Å²) >= 11 is 0. The van der Waals surface area contributed by atoms with Gasteiger partial charge in [-0.3, -0.25) is 20.4 Å². The van der Waals surface area contributed by atoms with E-state index in [4.69, 9.17) is 0 Å². The van der Waals surface area contributed by atoms with E-state index in [1.54, 1.807) is 44.2 Å². The summed E-state index contributed by atoms with van der Waals surface area (Å²) in [7, 11) is -3.38. The smallest absolute Gasteiger partial charge is 0.267 e. The molecule has 0 fully saturated rings. The fourth-order valence-corrected chi connectivity index (χ4v) is 2.98. The molecule has 0 unspecified atom stereocenters. The molecule has 7 heteroatoms. The summed E-state index contributed by atoms with van der Waals surface area (Å²) in [5.74, 6) is -0.976. The van der Waals surface area contributed by atoms with Gasteiger partial charge in [0.05, 0.1) is 10.1 Å². The Bertz CT molecular complexity index is 829. The summed E-state index contributed by atoms with van der Waals surface area (Å²) in [6.07, 6.45) is 0. The number of carbonyl (C=O) groups is 2. The lowest BCUT2D eigenvalue weighted by Crippen LogP contribution is -2.41. The van der Waals surface area contributed by atoms with Gasteiger partial charge in [0, 0.05) is 11.1 Å². The number of carbonyl (C=O) groups excluding carboxylic acids is 2. The summed E-state index contributed by atoms with van der Waals surface area (Å²) in [5, 5.41) is -0.540. The second kappa shape index (κ2) is 7.27. The Balaban J connectivity index is 2.02. The van der Waals surface area contributed by atoms with Crippen LogP contribution in [0.1, 0.15) is 34.6 Å². The zero-order chi connectivity index (χ0) is 17.7. The van der Waals surface area contributed by atoms with Crippen molar-refractivity contribution < 1.29 is 18.0 Å². The van der Waals surface area contributed by atoms with Gasteiger partial charge in [-0.2, -0.15) is 0 Å². The van der Waals surface area contributed by atoms with Crippen LogP contribution in [-0.2, 0) is 9.84 Å². The molecule has 0 aliphatic heterocycles. The van der Waals surface area contributed by atoms with Crippen LogP contribution in [0, 0.1) is 0 Å². The van der Waals surface area contributed by atoms with Crippen molar-refractivity contribution in [3.05, 3.63) is 65.7 Å². The lowest BCUT2D eigenvalue weighted by atomic mass is 10.2. The Labute approximate surface area is 140 Å². The van der Waals surface area contributed by atoms with Gasteiger partial charge in [-0.05, 0) is 50.2 Å². The van der Waals surface area contributed by atoms with Crippen LogP contribution in [0.3, 0.4) is 0 Å². The first-order valence-corrected chi connectivity index (χ1v) is 8.86. The standard InChI is InChI=1S/C17H18N2O4S/c1-12(2)24(22,23)15-10-8-14(9-11-15)17(21)19-18-16(20)13-6-4-3-5-7-13/h3-12H,1-2H3,(H,18,20)(H,19,21). The molecule has 0 atom stereocenters. The van der Waals surface area contributed by atoms with E-state index in [0.717, 1.165) is 0 Å². The molecule has 0 radical (unpaired) electrons. The van der Waals surface area contributed by atoms with Crippen molar-refractivity contribution in [2.45, 2.75) is 24.0 Å². The zero-order valence-corrected chi connectivity index (χ0v) is 14.1. The predicted octanol–water partition coefficient (Wildman–Crippen LogP) is 1.94. The molecule has 2 N–H and O–H groups in total. The number of rotatable bonds is 4. The lowest BCUT2D eigenvalue weighted by molar-refractivity contribution is 0.0846. The van der Waals surface area contributed by atoms with Crippen LogP contribution in [0.2, 0.25) is 0 Å². The molecule has 0 saturated carbocycles. The number of hydrogen-bond acceptors (Lipinski definition) is 4. The number of sulfone groups is 1. The van der Waals surface area contributed by atoms with E-state index in [9.17, 15) is 18.0 Å². The van der Waals surface area contributed by atoms with Gasteiger partial charge in [0.25, 0.3) is 11.8 Å². The summed E-state index contributed by atoms with van der Waals surface area (Å²) in [6, 6.07) is 14.0. The van der Waals surface area contributed by atoms with Gasteiger partial charge in [0.15, 0.2) is 9.84 Å². The molecule has 0 aromatic heterocycles. The van der Waals surface area contributed by atoms with Crippen molar-refractivity contribution >= 4 is 21.7 Å². The number of benzene rings is 2. The average Bonchev–Trinajstić information content (AvgIpc) is 2.60. The third-order valence-corrected chi connectivity index (χ3v) is 5.56. The van der Waals surface area contributed by atoms with Gasteiger partial charge >= 0.3 is 0 Å². The van der Waals surface area contributed by atoms with E-state index in [-0.39, 0.29) is 10.5 Å². The van der Waals surface area contributed by atoms with Crippen LogP contribution in [0.4, 0.5) is 0 Å². The second-order valence-corrected chi connectivity index (χ2v) is 7.90. The van der Waals surface area contributed by atoms with Crippen molar-refractivity contribution in [1.82, 2.24) is 10.9 Å². The molecular formula is C17H18N2O4S. The Morgan fingerprint density at radius 3 is 1.71 bits per heavy atom. The number of amides is 2. The van der Waals surface area contributed by atoms with E-state index in [1.165, 1.54) is 24.3 Å². The van der Waals surface area contributed by atoms with Gasteiger partial charge in [0.1, 0.15) is 0 Å². The Kier molecular flexibility index (Phi) is 5.35. The van der Waals surface area contributed by atoms with Gasteiger partial charge in [-0.15, -0.1) is 0 Å². The Morgan fingerprint density at radius 1 is 0.792 bits per heavy atom. The largest absolute Gasteiger partial charge is 0.269 e. The minimum absolute atomic E-state index is 0.155. The van der Waals surface area contributed by atoms with Gasteiger partial charge in [-0.25, -0.2) is 8.42 Å². The summed E-state index contributed by atoms with van der Waals surface area (Å²) in [6.45, 7) is 3.18. The van der Waals surface area contributed by atoms with Crippen molar-refractivity contribution in [2.24, 2.45) is 0 Å². The molecule has 2 amide bonds. The topological polar surface area (TPSA) is 92.3 Å². The minimum atomic E-state index is -3.38. The van der Waals surface area contributed by atoms with Crippen molar-refractivity contribution in [2.75, 3.05) is 0 Å². The van der Waals surface area contributed by atoms with Crippen LogP contribution in [0.25, 0.3) is 0 Å². The molecule has 0 aliphatic carbocycles. The van der Waals surface area contributed by atoms with Gasteiger partial charge in [-0.1, -0.05) is 18.2 Å². The van der Waals surface area contributed by atoms with E-state index < -0.39 is 26.9 Å². The maximum absolute atomic E-state index is 12.0. The Morgan fingerprint density at radius 2 is 1.25 bits per heavy atom. The first kappa shape index (κ1) is 17.7. The van der Waals surface area contributed by atoms with Crippen molar-refractivity contribution in [3.63, 3.8) is 0 Å². The zero-order valence-electron chi connectivity index (χ0n) is 13.3. The number of hydrogen-bond donors (Lipinski definition) is 2. The molecular weight excluding hydrogens is 328 g/mol. The Hall–Kier alpha value is -2.67. The second-order valence-electron chi connectivity index (χ2n) is 5.39. The summed E-state index contributed by atoms with van der Waals surface area (Å²) in [5.41, 5.74) is 5.25. The minimum Gasteiger partial charge on any atom is -0.267 e. The van der Waals surface area contributed by atoms with Crippen LogP contribution in [0.5, 0.6) is 0 Å². The number of nitrogens with one attached hydrogen (secondary N) is 2.